The van der Waals surface area contributed by atoms with Gasteiger partial charge >= 0.3 is 0 Å². The van der Waals surface area contributed by atoms with Crippen molar-refractivity contribution < 1.29 is 4.79 Å². The zero-order valence-electron chi connectivity index (χ0n) is 8.00. The number of alkyl halides is 1. The molecule has 1 aromatic rings. The van der Waals surface area contributed by atoms with Gasteiger partial charge in [-0.1, -0.05) is 6.92 Å². The van der Waals surface area contributed by atoms with Crippen molar-refractivity contribution in [1.82, 2.24) is 10.3 Å². The summed E-state index contributed by atoms with van der Waals surface area (Å²) in [5.74, 6) is 0.457. The van der Waals surface area contributed by atoms with Crippen LogP contribution in [-0.4, -0.2) is 22.8 Å². The van der Waals surface area contributed by atoms with Gasteiger partial charge in [0.15, 0.2) is 0 Å². The zero-order valence-corrected chi connectivity index (χ0v) is 9.57. The van der Waals surface area contributed by atoms with Crippen molar-refractivity contribution in [3.63, 3.8) is 0 Å². The number of hydrogen-bond donors (Lipinski definition) is 1. The Bertz CT molecular complexity index is 276. The molecule has 0 aliphatic heterocycles. The Balaban J connectivity index is 2.47. The van der Waals surface area contributed by atoms with Crippen LogP contribution >= 0.6 is 22.9 Å². The molecule has 1 rings (SSSR count). The monoisotopic (exact) mass is 232 g/mol. The Morgan fingerprint density at radius 3 is 3.07 bits per heavy atom. The van der Waals surface area contributed by atoms with Crippen molar-refractivity contribution in [3.8, 4) is 0 Å². The third kappa shape index (κ3) is 3.27. The molecule has 0 radical (unpaired) electrons. The Kier molecular flexibility index (Phi) is 4.90. The molecular weight excluding hydrogens is 220 g/mol. The second kappa shape index (κ2) is 5.98. The molecule has 78 valence electrons. The molecule has 0 fully saturated rings. The van der Waals surface area contributed by atoms with Crippen LogP contribution in [0.5, 0.6) is 0 Å². The highest BCUT2D eigenvalue weighted by molar-refractivity contribution is 7.07. The maximum absolute atomic E-state index is 11.5. The summed E-state index contributed by atoms with van der Waals surface area (Å²) in [5.41, 5.74) is 2.14. The summed E-state index contributed by atoms with van der Waals surface area (Å²) in [6.07, 6.45) is 1.69. The maximum Gasteiger partial charge on any atom is 0.270 e. The third-order valence-electron chi connectivity index (χ3n) is 1.95. The first kappa shape index (κ1) is 11.5. The van der Waals surface area contributed by atoms with Crippen molar-refractivity contribution in [3.05, 3.63) is 16.6 Å². The molecule has 0 bridgehead atoms. The topological polar surface area (TPSA) is 42.0 Å². The van der Waals surface area contributed by atoms with E-state index in [2.05, 4.69) is 10.3 Å². The van der Waals surface area contributed by atoms with Gasteiger partial charge in [-0.3, -0.25) is 4.79 Å². The molecule has 1 N–H and O–H groups in total. The van der Waals surface area contributed by atoms with Gasteiger partial charge in [-0.2, -0.15) is 0 Å². The third-order valence-corrected chi connectivity index (χ3v) is 2.76. The largest absolute Gasteiger partial charge is 0.348 e. The molecule has 0 aliphatic rings. The molecular formula is C9H13ClN2OS. The van der Waals surface area contributed by atoms with Crippen molar-refractivity contribution in [2.45, 2.75) is 25.8 Å². The average Bonchev–Trinajstić information content (AvgIpc) is 2.69. The van der Waals surface area contributed by atoms with Crippen LogP contribution in [0.4, 0.5) is 0 Å². The zero-order chi connectivity index (χ0) is 10.4. The summed E-state index contributed by atoms with van der Waals surface area (Å²) in [6, 6.07) is 0.154. The second-order valence-electron chi connectivity index (χ2n) is 2.93. The highest BCUT2D eigenvalue weighted by Gasteiger charge is 2.12. The number of nitrogens with zero attached hydrogens (tertiary/aromatic N) is 1. The van der Waals surface area contributed by atoms with E-state index in [0.717, 1.165) is 12.8 Å². The number of thiazole rings is 1. The molecule has 0 aromatic carbocycles. The lowest BCUT2D eigenvalue weighted by atomic mass is 10.1. The Hall–Kier alpha value is -0.610. The van der Waals surface area contributed by atoms with Crippen LogP contribution < -0.4 is 5.32 Å². The maximum atomic E-state index is 11.5. The molecule has 1 aromatic heterocycles. The lowest BCUT2D eigenvalue weighted by Crippen LogP contribution is -2.34. The van der Waals surface area contributed by atoms with Crippen molar-refractivity contribution >= 4 is 28.8 Å². The summed E-state index contributed by atoms with van der Waals surface area (Å²) >= 11 is 7.04. The minimum atomic E-state index is -0.108. The molecule has 0 spiro atoms. The summed E-state index contributed by atoms with van der Waals surface area (Å²) in [7, 11) is 0. The highest BCUT2D eigenvalue weighted by atomic mass is 35.5. The fraction of sp³-hybridized carbons (Fsp3) is 0.556. The number of rotatable bonds is 5. The number of carbonyl (C=O) groups is 1. The van der Waals surface area contributed by atoms with E-state index in [4.69, 9.17) is 11.6 Å². The Labute approximate surface area is 92.5 Å². The van der Waals surface area contributed by atoms with Crippen LogP contribution in [0.3, 0.4) is 0 Å². The van der Waals surface area contributed by atoms with Gasteiger partial charge in [0, 0.05) is 17.3 Å². The van der Waals surface area contributed by atoms with Gasteiger partial charge in [0.25, 0.3) is 5.91 Å². The first-order valence-corrected chi connectivity index (χ1v) is 6.00. The lowest BCUT2D eigenvalue weighted by Gasteiger charge is -2.14. The Morgan fingerprint density at radius 2 is 2.57 bits per heavy atom. The number of hydrogen-bond acceptors (Lipinski definition) is 3. The van der Waals surface area contributed by atoms with Gasteiger partial charge in [-0.05, 0) is 12.8 Å². The van der Waals surface area contributed by atoms with Gasteiger partial charge in [0.2, 0.25) is 0 Å². The summed E-state index contributed by atoms with van der Waals surface area (Å²) in [4.78, 5) is 15.5. The van der Waals surface area contributed by atoms with E-state index in [1.54, 1.807) is 10.9 Å². The first-order chi connectivity index (χ1) is 6.77. The molecule has 1 unspecified atom stereocenters. The molecule has 14 heavy (non-hydrogen) atoms. The quantitative estimate of drug-likeness (QED) is 0.792. The van der Waals surface area contributed by atoms with E-state index in [0.29, 0.717) is 11.6 Å². The minimum Gasteiger partial charge on any atom is -0.348 e. The predicted molar refractivity (Wildman–Crippen MR) is 59.0 cm³/mol. The van der Waals surface area contributed by atoms with Gasteiger partial charge < -0.3 is 5.32 Å². The normalized spacial score (nSPS) is 12.4. The van der Waals surface area contributed by atoms with Crippen LogP contribution in [0.25, 0.3) is 0 Å². The van der Waals surface area contributed by atoms with E-state index < -0.39 is 0 Å². The lowest BCUT2D eigenvalue weighted by molar-refractivity contribution is 0.0931. The number of amides is 1. The van der Waals surface area contributed by atoms with E-state index >= 15 is 0 Å². The molecule has 0 saturated heterocycles. The van der Waals surface area contributed by atoms with E-state index in [1.807, 2.05) is 6.92 Å². The summed E-state index contributed by atoms with van der Waals surface area (Å²) in [6.45, 7) is 2.03. The molecule has 1 atom stereocenters. The van der Waals surface area contributed by atoms with E-state index in [9.17, 15) is 4.79 Å². The van der Waals surface area contributed by atoms with Crippen molar-refractivity contribution in [1.29, 1.82) is 0 Å². The second-order valence-corrected chi connectivity index (χ2v) is 4.03. The van der Waals surface area contributed by atoms with Gasteiger partial charge in [0.1, 0.15) is 5.69 Å². The first-order valence-electron chi connectivity index (χ1n) is 4.53. The molecule has 1 heterocycles. The van der Waals surface area contributed by atoms with Gasteiger partial charge in [0.05, 0.1) is 5.51 Å². The summed E-state index contributed by atoms with van der Waals surface area (Å²) < 4.78 is 0. The smallest absolute Gasteiger partial charge is 0.270 e. The highest BCUT2D eigenvalue weighted by Crippen LogP contribution is 2.04. The van der Waals surface area contributed by atoms with Crippen LogP contribution in [0.1, 0.15) is 30.3 Å². The number of aromatic nitrogens is 1. The van der Waals surface area contributed by atoms with Crippen LogP contribution in [0.15, 0.2) is 10.9 Å². The van der Waals surface area contributed by atoms with Crippen LogP contribution in [-0.2, 0) is 0 Å². The standard InChI is InChI=1S/C9H13ClN2OS/c1-2-7(3-4-10)12-9(13)8-5-14-6-11-8/h5-7H,2-4H2,1H3,(H,12,13). The number of nitrogens with one attached hydrogen (secondary N) is 1. The SMILES string of the molecule is CCC(CCCl)NC(=O)c1cscn1. The van der Waals surface area contributed by atoms with Crippen LogP contribution in [0.2, 0.25) is 0 Å². The average molecular weight is 233 g/mol. The molecule has 5 heteroatoms. The fourth-order valence-corrected chi connectivity index (χ4v) is 1.89. The summed E-state index contributed by atoms with van der Waals surface area (Å²) in [5, 5.41) is 4.63. The number of carbonyl (C=O) groups excluding carboxylic acids is 1. The number of halogens is 1. The molecule has 1 amide bonds. The van der Waals surface area contributed by atoms with Crippen molar-refractivity contribution in [2.75, 3.05) is 5.88 Å². The fourth-order valence-electron chi connectivity index (χ4n) is 1.09. The minimum absolute atomic E-state index is 0.108. The van der Waals surface area contributed by atoms with E-state index in [-0.39, 0.29) is 11.9 Å². The van der Waals surface area contributed by atoms with Gasteiger partial charge in [-0.25, -0.2) is 4.98 Å². The predicted octanol–water partition coefficient (Wildman–Crippen LogP) is 2.28. The Morgan fingerprint density at radius 1 is 1.79 bits per heavy atom. The van der Waals surface area contributed by atoms with E-state index in [1.165, 1.54) is 11.3 Å². The molecule has 0 saturated carbocycles. The molecule has 0 aliphatic carbocycles. The molecule has 3 nitrogen and oxygen atoms in total. The van der Waals surface area contributed by atoms with Crippen molar-refractivity contribution in [2.24, 2.45) is 0 Å². The van der Waals surface area contributed by atoms with Gasteiger partial charge in [-0.15, -0.1) is 22.9 Å². The van der Waals surface area contributed by atoms with Crippen LogP contribution in [0, 0.1) is 0 Å².